The minimum absolute atomic E-state index is 0.253. The zero-order chi connectivity index (χ0) is 12.8. The minimum atomic E-state index is 0.253. The highest BCUT2D eigenvalue weighted by Crippen LogP contribution is 2.15. The maximum absolute atomic E-state index is 8.51. The molecule has 96 valence electrons. The van der Waals surface area contributed by atoms with E-state index in [1.54, 1.807) is 0 Å². The van der Waals surface area contributed by atoms with Gasteiger partial charge in [-0.25, -0.2) is 9.97 Å². The van der Waals surface area contributed by atoms with Crippen LogP contribution < -0.4 is 10.6 Å². The Kier molecular flexibility index (Phi) is 4.31. The van der Waals surface area contributed by atoms with Gasteiger partial charge in [-0.1, -0.05) is 0 Å². The van der Waals surface area contributed by atoms with Crippen molar-refractivity contribution in [2.24, 2.45) is 0 Å². The zero-order valence-electron chi connectivity index (χ0n) is 10.6. The third kappa shape index (κ3) is 3.57. The van der Waals surface area contributed by atoms with Crippen LogP contribution in [0, 0.1) is 11.3 Å². The van der Waals surface area contributed by atoms with Crippen molar-refractivity contribution in [3.05, 3.63) is 12.4 Å². The Balaban J connectivity index is 1.94. The zero-order valence-corrected chi connectivity index (χ0v) is 10.6. The number of aromatic nitrogens is 2. The predicted molar refractivity (Wildman–Crippen MR) is 70.3 cm³/mol. The van der Waals surface area contributed by atoms with Crippen molar-refractivity contribution in [1.82, 2.24) is 14.9 Å². The Bertz CT molecular complexity index is 427. The fourth-order valence-corrected chi connectivity index (χ4v) is 2.16. The van der Waals surface area contributed by atoms with E-state index in [1.165, 1.54) is 12.7 Å². The third-order valence-corrected chi connectivity index (χ3v) is 2.99. The molecule has 0 aromatic carbocycles. The van der Waals surface area contributed by atoms with E-state index in [0.717, 1.165) is 25.3 Å². The van der Waals surface area contributed by atoms with Gasteiger partial charge in [-0.2, -0.15) is 5.26 Å². The molecule has 0 spiro atoms. The summed E-state index contributed by atoms with van der Waals surface area (Å²) in [5.41, 5.74) is 0. The van der Waals surface area contributed by atoms with E-state index in [1.807, 2.05) is 12.1 Å². The predicted octanol–water partition coefficient (Wildman–Crippen LogP) is 0.918. The van der Waals surface area contributed by atoms with Crippen LogP contribution in [0.3, 0.4) is 0 Å². The maximum atomic E-state index is 8.51. The molecule has 0 amide bonds. The summed E-state index contributed by atoms with van der Waals surface area (Å²) in [5, 5.41) is 14.8. The highest BCUT2D eigenvalue weighted by atomic mass is 15.2. The van der Waals surface area contributed by atoms with Gasteiger partial charge >= 0.3 is 0 Å². The molecule has 1 aliphatic rings. The quantitative estimate of drug-likeness (QED) is 0.769. The topological polar surface area (TPSA) is 76.9 Å². The standard InChI is InChI=1S/C12H18N6/c1-18-6-2-3-10(8-18)17-12-7-11(14-5-4-13)15-9-16-12/h7,9-10H,2-3,5-6,8H2,1H3,(H2,14,15,16,17). The SMILES string of the molecule is CN1CCCC(Nc2cc(NCC#N)ncn2)C1. The van der Waals surface area contributed by atoms with Crippen molar-refractivity contribution >= 4 is 11.6 Å². The lowest BCUT2D eigenvalue weighted by molar-refractivity contribution is 0.261. The van der Waals surface area contributed by atoms with E-state index in [9.17, 15) is 0 Å². The number of rotatable bonds is 4. The minimum Gasteiger partial charge on any atom is -0.366 e. The third-order valence-electron chi connectivity index (χ3n) is 2.99. The summed E-state index contributed by atoms with van der Waals surface area (Å²) in [6.45, 7) is 2.45. The average Bonchev–Trinajstić information content (AvgIpc) is 2.37. The van der Waals surface area contributed by atoms with E-state index in [2.05, 4.69) is 32.5 Å². The summed E-state index contributed by atoms with van der Waals surface area (Å²) in [5.74, 6) is 1.49. The Morgan fingerprint density at radius 3 is 3.11 bits per heavy atom. The molecule has 18 heavy (non-hydrogen) atoms. The Hall–Kier alpha value is -1.87. The van der Waals surface area contributed by atoms with Crippen molar-refractivity contribution in [3.63, 3.8) is 0 Å². The van der Waals surface area contributed by atoms with Gasteiger partial charge in [0.15, 0.2) is 0 Å². The fraction of sp³-hybridized carbons (Fsp3) is 0.583. The molecular formula is C12H18N6. The summed E-state index contributed by atoms with van der Waals surface area (Å²) < 4.78 is 0. The maximum Gasteiger partial charge on any atom is 0.132 e. The Labute approximate surface area is 107 Å². The Morgan fingerprint density at radius 2 is 2.33 bits per heavy atom. The van der Waals surface area contributed by atoms with Gasteiger partial charge in [0.2, 0.25) is 0 Å². The molecule has 0 radical (unpaired) electrons. The van der Waals surface area contributed by atoms with Crippen LogP contribution in [0.15, 0.2) is 12.4 Å². The number of piperidine rings is 1. The molecule has 2 N–H and O–H groups in total. The van der Waals surface area contributed by atoms with Crippen molar-refractivity contribution in [1.29, 1.82) is 5.26 Å². The number of hydrogen-bond donors (Lipinski definition) is 2. The van der Waals surface area contributed by atoms with Gasteiger partial charge in [-0.05, 0) is 26.4 Å². The van der Waals surface area contributed by atoms with Gasteiger partial charge in [0.05, 0.1) is 6.07 Å². The van der Waals surface area contributed by atoms with Gasteiger partial charge in [0.25, 0.3) is 0 Å². The van der Waals surface area contributed by atoms with Gasteiger partial charge < -0.3 is 15.5 Å². The first-order chi connectivity index (χ1) is 8.78. The molecule has 2 rings (SSSR count). The van der Waals surface area contributed by atoms with Crippen molar-refractivity contribution < 1.29 is 0 Å². The summed E-state index contributed by atoms with van der Waals surface area (Å²) in [4.78, 5) is 10.6. The molecule has 1 aromatic heterocycles. The first-order valence-corrected chi connectivity index (χ1v) is 6.16. The lowest BCUT2D eigenvalue weighted by Crippen LogP contribution is -2.39. The average molecular weight is 246 g/mol. The van der Waals surface area contributed by atoms with E-state index in [4.69, 9.17) is 5.26 Å². The lowest BCUT2D eigenvalue weighted by atomic mass is 10.1. The normalized spacial score (nSPS) is 20.1. The van der Waals surface area contributed by atoms with E-state index < -0.39 is 0 Å². The summed E-state index contributed by atoms with van der Waals surface area (Å²) in [7, 11) is 2.13. The Morgan fingerprint density at radius 1 is 1.50 bits per heavy atom. The molecule has 1 unspecified atom stereocenters. The molecule has 2 heterocycles. The fourth-order valence-electron chi connectivity index (χ4n) is 2.16. The molecule has 0 aliphatic carbocycles. The summed E-state index contributed by atoms with van der Waals surface area (Å²) in [6.07, 6.45) is 3.88. The van der Waals surface area contributed by atoms with Crippen molar-refractivity contribution in [2.45, 2.75) is 18.9 Å². The first-order valence-electron chi connectivity index (χ1n) is 6.16. The van der Waals surface area contributed by atoms with Crippen molar-refractivity contribution in [3.8, 4) is 6.07 Å². The van der Waals surface area contributed by atoms with E-state index >= 15 is 0 Å². The van der Waals surface area contributed by atoms with Crippen LogP contribution in [0.2, 0.25) is 0 Å². The van der Waals surface area contributed by atoms with Crippen LogP contribution >= 0.6 is 0 Å². The van der Waals surface area contributed by atoms with Crippen LogP contribution in [0.25, 0.3) is 0 Å². The molecule has 6 nitrogen and oxygen atoms in total. The van der Waals surface area contributed by atoms with E-state index in [0.29, 0.717) is 11.9 Å². The van der Waals surface area contributed by atoms with Crippen LogP contribution in [-0.2, 0) is 0 Å². The van der Waals surface area contributed by atoms with E-state index in [-0.39, 0.29) is 6.54 Å². The second kappa shape index (κ2) is 6.17. The van der Waals surface area contributed by atoms with Crippen molar-refractivity contribution in [2.75, 3.05) is 37.3 Å². The summed E-state index contributed by atoms with van der Waals surface area (Å²) in [6, 6.07) is 4.30. The molecule has 1 atom stereocenters. The summed E-state index contributed by atoms with van der Waals surface area (Å²) >= 11 is 0. The highest BCUT2D eigenvalue weighted by molar-refractivity contribution is 5.47. The molecule has 1 aliphatic heterocycles. The van der Waals surface area contributed by atoms with Gasteiger partial charge in [-0.15, -0.1) is 0 Å². The number of likely N-dealkylation sites (tertiary alicyclic amines) is 1. The van der Waals surface area contributed by atoms with Gasteiger partial charge in [-0.3, -0.25) is 0 Å². The molecule has 0 saturated carbocycles. The number of nitriles is 1. The van der Waals surface area contributed by atoms with Gasteiger partial charge in [0.1, 0.15) is 24.5 Å². The lowest BCUT2D eigenvalue weighted by Gasteiger charge is -2.30. The number of likely N-dealkylation sites (N-methyl/N-ethyl adjacent to an activating group) is 1. The molecular weight excluding hydrogens is 228 g/mol. The largest absolute Gasteiger partial charge is 0.366 e. The highest BCUT2D eigenvalue weighted by Gasteiger charge is 2.17. The second-order valence-corrected chi connectivity index (χ2v) is 4.55. The first kappa shape index (κ1) is 12.6. The molecule has 1 fully saturated rings. The molecule has 1 saturated heterocycles. The second-order valence-electron chi connectivity index (χ2n) is 4.55. The van der Waals surface area contributed by atoms with Crippen LogP contribution in [-0.4, -0.2) is 47.6 Å². The number of nitrogens with zero attached hydrogens (tertiary/aromatic N) is 4. The number of nitrogens with one attached hydrogen (secondary N) is 2. The number of anilines is 2. The smallest absolute Gasteiger partial charge is 0.132 e. The molecule has 1 aromatic rings. The monoisotopic (exact) mass is 246 g/mol. The molecule has 6 heteroatoms. The van der Waals surface area contributed by atoms with Crippen LogP contribution in [0.4, 0.5) is 11.6 Å². The van der Waals surface area contributed by atoms with Crippen LogP contribution in [0.5, 0.6) is 0 Å². The molecule has 0 bridgehead atoms. The van der Waals surface area contributed by atoms with Gasteiger partial charge in [0, 0.05) is 18.7 Å². The van der Waals surface area contributed by atoms with Crippen LogP contribution in [0.1, 0.15) is 12.8 Å². The number of hydrogen-bond acceptors (Lipinski definition) is 6.